The average Bonchev–Trinajstić information content (AvgIpc) is 3.81. The predicted octanol–water partition coefficient (Wildman–Crippen LogP) is 2.17. The highest BCUT2D eigenvalue weighted by Gasteiger charge is 2.41. The monoisotopic (exact) mass is 662 g/mol. The second-order valence-corrected chi connectivity index (χ2v) is 10.6. The van der Waals surface area contributed by atoms with Crippen LogP contribution < -0.4 is 5.32 Å². The Morgan fingerprint density at radius 1 is 1.09 bits per heavy atom. The first-order chi connectivity index (χ1) is 22.0. The number of nitrogens with one attached hydrogen (secondary N) is 2. The zero-order chi connectivity index (χ0) is 32.8. The molecule has 2 aromatic heterocycles. The van der Waals surface area contributed by atoms with E-state index in [4.69, 9.17) is 26.2 Å². The predicted molar refractivity (Wildman–Crippen MR) is 156 cm³/mol. The number of fused-ring (bicyclic) bond motifs is 1. The number of carboxylic acids is 1. The molecule has 2 atom stereocenters. The van der Waals surface area contributed by atoms with Gasteiger partial charge in [-0.1, -0.05) is 11.6 Å². The smallest absolute Gasteiger partial charge is 0.475 e. The highest BCUT2D eigenvalue weighted by molar-refractivity contribution is 6.30. The Bertz CT molecular complexity index is 1730. The van der Waals surface area contributed by atoms with Crippen LogP contribution in [-0.4, -0.2) is 119 Å². The molecule has 0 unspecified atom stereocenters. The summed E-state index contributed by atoms with van der Waals surface area (Å²) in [5.74, 6) is -3.29. The van der Waals surface area contributed by atoms with Crippen LogP contribution in [0.3, 0.4) is 0 Å². The van der Waals surface area contributed by atoms with E-state index in [0.29, 0.717) is 59.2 Å². The van der Waals surface area contributed by atoms with Gasteiger partial charge < -0.3 is 20.1 Å². The number of halogens is 4. The third-order valence-corrected chi connectivity index (χ3v) is 7.48. The number of anilines is 1. The number of rotatable bonds is 6. The summed E-state index contributed by atoms with van der Waals surface area (Å²) in [6.45, 7) is 3.22. The van der Waals surface area contributed by atoms with Crippen molar-refractivity contribution in [3.05, 3.63) is 59.4 Å². The van der Waals surface area contributed by atoms with E-state index in [9.17, 15) is 22.8 Å². The Morgan fingerprint density at radius 2 is 1.83 bits per heavy atom. The number of hydrogen-bond donors (Lipinski definition) is 3. The Balaban J connectivity index is 0.000000537. The molecule has 0 aliphatic carbocycles. The molecule has 0 spiro atoms. The summed E-state index contributed by atoms with van der Waals surface area (Å²) in [7, 11) is 0. The Labute approximate surface area is 262 Å². The molecule has 6 rings (SSSR count). The lowest BCUT2D eigenvalue weighted by molar-refractivity contribution is -0.192. The van der Waals surface area contributed by atoms with Gasteiger partial charge in [0.2, 0.25) is 11.8 Å². The van der Waals surface area contributed by atoms with Crippen molar-refractivity contribution in [2.45, 2.75) is 24.7 Å². The standard InChI is InChI=1S/C25H25ClN10O3.C2HF3O2/c26-17-2-5-22(36-15-27-31-33-36)16(11-17)1-6-24(37)35-14-19(34-7-9-39-10-8-34)13-23(35)25(38)28-18-3-4-20-21(12-18)30-32-29-20;3-2(4,5)1(6)7/h1-6,11-12,15,19,23H,7-10,13-14H2,(H,28,38)(H,29,30,32);(H,6,7)/b6-1+;/t19-,23-;/m0./s1. The minimum absolute atomic E-state index is 0.0444. The number of alkyl halides is 3. The number of ether oxygens (including phenoxy) is 1. The fourth-order valence-electron chi connectivity index (χ4n) is 5.05. The molecule has 4 heterocycles. The van der Waals surface area contributed by atoms with Crippen LogP contribution in [0, 0.1) is 0 Å². The van der Waals surface area contributed by atoms with Crippen LogP contribution in [0.4, 0.5) is 18.9 Å². The summed E-state index contributed by atoms with van der Waals surface area (Å²) in [6, 6.07) is 9.91. The lowest BCUT2D eigenvalue weighted by Crippen LogP contribution is -2.45. The molecular weight excluding hydrogens is 637 g/mol. The largest absolute Gasteiger partial charge is 0.490 e. The van der Waals surface area contributed by atoms with E-state index < -0.39 is 18.2 Å². The molecule has 4 aromatic rings. The SMILES string of the molecule is O=C(Nc1ccc2n[nH]nc2c1)[C@@H]1C[C@H](N2CCOCC2)CN1C(=O)/C=C/c1cc(Cl)ccc1-n1cnnn1.O=C(O)C(F)(F)F. The van der Waals surface area contributed by atoms with Gasteiger partial charge in [-0.25, -0.2) is 4.79 Å². The van der Waals surface area contributed by atoms with Crippen LogP contribution in [0.15, 0.2) is 48.8 Å². The van der Waals surface area contributed by atoms with Crippen molar-refractivity contribution in [3.63, 3.8) is 0 Å². The molecule has 0 saturated carbocycles. The highest BCUT2D eigenvalue weighted by Crippen LogP contribution is 2.27. The Hall–Kier alpha value is -4.94. The Morgan fingerprint density at radius 3 is 2.52 bits per heavy atom. The van der Waals surface area contributed by atoms with E-state index in [1.165, 1.54) is 17.1 Å². The number of hydrogen-bond acceptors (Lipinski definition) is 10. The second-order valence-electron chi connectivity index (χ2n) is 10.2. The molecule has 3 N–H and O–H groups in total. The van der Waals surface area contributed by atoms with Gasteiger partial charge in [-0.2, -0.15) is 33.3 Å². The third kappa shape index (κ3) is 7.82. The number of amides is 2. The van der Waals surface area contributed by atoms with Crippen molar-refractivity contribution < 1.29 is 37.4 Å². The number of carbonyl (C=O) groups is 3. The molecule has 46 heavy (non-hydrogen) atoms. The molecule has 2 saturated heterocycles. The zero-order valence-corrected chi connectivity index (χ0v) is 24.5. The van der Waals surface area contributed by atoms with Crippen molar-refractivity contribution >= 4 is 52.2 Å². The fraction of sp³-hybridized carbons (Fsp3) is 0.333. The summed E-state index contributed by atoms with van der Waals surface area (Å²) >= 11 is 6.23. The number of aromatic amines is 1. The molecule has 242 valence electrons. The number of carbonyl (C=O) groups excluding carboxylic acids is 2. The van der Waals surface area contributed by atoms with Gasteiger partial charge in [-0.3, -0.25) is 14.5 Å². The molecule has 15 nitrogen and oxygen atoms in total. The Kier molecular flexibility index (Phi) is 9.88. The first-order valence-electron chi connectivity index (χ1n) is 13.7. The number of carboxylic acid groups (broad SMARTS) is 1. The van der Waals surface area contributed by atoms with Gasteiger partial charge in [0.1, 0.15) is 23.4 Å². The van der Waals surface area contributed by atoms with Crippen LogP contribution in [0.5, 0.6) is 0 Å². The first kappa shape index (κ1) is 32.5. The van der Waals surface area contributed by atoms with Crippen LogP contribution in [0.25, 0.3) is 22.8 Å². The average molecular weight is 663 g/mol. The minimum atomic E-state index is -5.08. The zero-order valence-electron chi connectivity index (χ0n) is 23.8. The normalized spacial score (nSPS) is 18.8. The number of aliphatic carboxylic acids is 1. The molecule has 2 aliphatic rings. The number of nitrogens with zero attached hydrogens (tertiary/aromatic N) is 8. The molecule has 2 amide bonds. The van der Waals surface area contributed by atoms with Gasteiger partial charge in [0.25, 0.3) is 0 Å². The summed E-state index contributed by atoms with van der Waals surface area (Å²) in [5.41, 5.74) is 3.25. The van der Waals surface area contributed by atoms with Crippen LogP contribution >= 0.6 is 11.6 Å². The maximum Gasteiger partial charge on any atom is 0.490 e. The second kappa shape index (κ2) is 14.0. The van der Waals surface area contributed by atoms with E-state index in [2.05, 4.69) is 41.2 Å². The summed E-state index contributed by atoms with van der Waals surface area (Å²) < 4.78 is 38.7. The maximum absolute atomic E-state index is 13.6. The maximum atomic E-state index is 13.6. The highest BCUT2D eigenvalue weighted by atomic mass is 35.5. The first-order valence-corrected chi connectivity index (χ1v) is 14.1. The van der Waals surface area contributed by atoms with E-state index in [0.717, 1.165) is 13.1 Å². The van der Waals surface area contributed by atoms with Gasteiger partial charge in [-0.05, 0) is 59.3 Å². The number of H-pyrrole nitrogens is 1. The number of aromatic nitrogens is 7. The van der Waals surface area contributed by atoms with E-state index >= 15 is 0 Å². The molecule has 2 fully saturated rings. The van der Waals surface area contributed by atoms with Crippen LogP contribution in [0.1, 0.15) is 12.0 Å². The fourth-order valence-corrected chi connectivity index (χ4v) is 5.23. The third-order valence-electron chi connectivity index (χ3n) is 7.24. The van der Waals surface area contributed by atoms with Gasteiger partial charge in [-0.15, -0.1) is 5.10 Å². The van der Waals surface area contributed by atoms with Crippen LogP contribution in [0.2, 0.25) is 5.02 Å². The number of morpholine rings is 1. The van der Waals surface area contributed by atoms with Gasteiger partial charge >= 0.3 is 12.1 Å². The van der Waals surface area contributed by atoms with Gasteiger partial charge in [0.05, 0.1) is 18.9 Å². The minimum Gasteiger partial charge on any atom is -0.475 e. The van der Waals surface area contributed by atoms with Crippen molar-refractivity contribution in [2.24, 2.45) is 0 Å². The van der Waals surface area contributed by atoms with Gasteiger partial charge in [0.15, 0.2) is 0 Å². The van der Waals surface area contributed by atoms with E-state index in [1.54, 1.807) is 47.4 Å². The lowest BCUT2D eigenvalue weighted by atomic mass is 10.1. The van der Waals surface area contributed by atoms with Crippen molar-refractivity contribution in [1.29, 1.82) is 0 Å². The molecular formula is C27H26ClF3N10O5. The molecule has 2 aliphatic heterocycles. The molecule has 0 radical (unpaired) electrons. The van der Waals surface area contributed by atoms with E-state index in [1.807, 2.05) is 0 Å². The number of likely N-dealkylation sites (tertiary alicyclic amines) is 1. The van der Waals surface area contributed by atoms with Crippen molar-refractivity contribution in [2.75, 3.05) is 38.2 Å². The molecule has 0 bridgehead atoms. The summed E-state index contributed by atoms with van der Waals surface area (Å²) in [5, 5.41) is 32.6. The number of benzene rings is 2. The van der Waals surface area contributed by atoms with Gasteiger partial charge in [0, 0.05) is 48.0 Å². The van der Waals surface area contributed by atoms with E-state index in [-0.39, 0.29) is 17.9 Å². The topological polar surface area (TPSA) is 184 Å². The van der Waals surface area contributed by atoms with Crippen LogP contribution in [-0.2, 0) is 19.1 Å². The quantitative estimate of drug-likeness (QED) is 0.257. The van der Waals surface area contributed by atoms with Crippen molar-refractivity contribution in [1.82, 2.24) is 45.4 Å². The molecule has 2 aromatic carbocycles. The molecule has 19 heteroatoms. The van der Waals surface area contributed by atoms with Crippen molar-refractivity contribution in [3.8, 4) is 5.69 Å². The number of tetrazole rings is 1. The lowest BCUT2D eigenvalue weighted by Gasteiger charge is -2.31. The summed E-state index contributed by atoms with van der Waals surface area (Å²) in [6.07, 6.45) is 0.0287. The summed E-state index contributed by atoms with van der Waals surface area (Å²) in [4.78, 5) is 39.9.